The predicted octanol–water partition coefficient (Wildman–Crippen LogP) is 1.89. The lowest BCUT2D eigenvalue weighted by molar-refractivity contribution is 0.0922. The zero-order valence-corrected chi connectivity index (χ0v) is 11.3. The van der Waals surface area contributed by atoms with Crippen LogP contribution in [0.5, 0.6) is 0 Å². The molecule has 5 heteroatoms. The largest absolute Gasteiger partial charge is 0.456 e. The molecular formula is C14H14N2O2S. The Morgan fingerprint density at radius 1 is 1.53 bits per heavy atom. The number of furan rings is 1. The van der Waals surface area contributed by atoms with Gasteiger partial charge in [0.05, 0.1) is 13.1 Å². The average molecular weight is 274 g/mol. The molecule has 0 aliphatic carbocycles. The van der Waals surface area contributed by atoms with E-state index in [1.807, 2.05) is 11.4 Å². The summed E-state index contributed by atoms with van der Waals surface area (Å²) >= 11 is 1.55. The number of aryl methyl sites for hydroxylation is 1. The molecule has 4 nitrogen and oxygen atoms in total. The van der Waals surface area contributed by atoms with Crippen LogP contribution in [0.25, 0.3) is 0 Å². The molecule has 0 bridgehead atoms. The first-order valence-corrected chi connectivity index (χ1v) is 6.68. The highest BCUT2D eigenvalue weighted by Crippen LogP contribution is 2.14. The van der Waals surface area contributed by atoms with Gasteiger partial charge in [-0.2, -0.15) is 0 Å². The summed E-state index contributed by atoms with van der Waals surface area (Å²) < 4.78 is 5.25. The number of hydrogen-bond donors (Lipinski definition) is 2. The Balaban J connectivity index is 1.92. The van der Waals surface area contributed by atoms with Gasteiger partial charge in [-0.25, -0.2) is 0 Å². The van der Waals surface area contributed by atoms with Crippen LogP contribution >= 0.6 is 11.3 Å². The van der Waals surface area contributed by atoms with Crippen LogP contribution in [0, 0.1) is 18.8 Å². The van der Waals surface area contributed by atoms with E-state index in [2.05, 4.69) is 17.2 Å². The Hall–Kier alpha value is -2.03. The lowest BCUT2D eigenvalue weighted by Gasteiger charge is -2.00. The maximum absolute atomic E-state index is 11.8. The highest BCUT2D eigenvalue weighted by Gasteiger charge is 2.09. The normalized spacial score (nSPS) is 9.79. The first-order chi connectivity index (χ1) is 9.19. The van der Waals surface area contributed by atoms with Crippen LogP contribution in [0.4, 0.5) is 0 Å². The summed E-state index contributed by atoms with van der Waals surface area (Å²) in [5.74, 6) is 6.59. The minimum atomic E-state index is -0.212. The van der Waals surface area contributed by atoms with Gasteiger partial charge < -0.3 is 15.5 Å². The molecule has 0 aromatic carbocycles. The minimum absolute atomic E-state index is 0.212. The van der Waals surface area contributed by atoms with Gasteiger partial charge in [0.25, 0.3) is 5.91 Å². The van der Waals surface area contributed by atoms with Crippen molar-refractivity contribution in [1.82, 2.24) is 5.32 Å². The van der Waals surface area contributed by atoms with Crippen LogP contribution in [0.1, 0.15) is 26.8 Å². The van der Waals surface area contributed by atoms with E-state index in [0.29, 0.717) is 18.8 Å². The maximum Gasteiger partial charge on any atom is 0.287 e. The van der Waals surface area contributed by atoms with E-state index in [-0.39, 0.29) is 5.91 Å². The SMILES string of the molecule is Cc1ccc(C(=O)NCc2cc(C#CCN)cs2)o1. The van der Waals surface area contributed by atoms with Crippen LogP contribution < -0.4 is 11.1 Å². The van der Waals surface area contributed by atoms with Gasteiger partial charge in [-0.3, -0.25) is 4.79 Å². The number of carbonyl (C=O) groups is 1. The molecule has 2 heterocycles. The molecule has 2 aromatic rings. The fourth-order valence-corrected chi connectivity index (χ4v) is 2.26. The molecule has 2 aromatic heterocycles. The zero-order valence-electron chi connectivity index (χ0n) is 10.5. The van der Waals surface area contributed by atoms with E-state index in [4.69, 9.17) is 10.2 Å². The summed E-state index contributed by atoms with van der Waals surface area (Å²) in [7, 11) is 0. The number of carbonyl (C=O) groups excluding carboxylic acids is 1. The molecule has 1 amide bonds. The Morgan fingerprint density at radius 3 is 3.05 bits per heavy atom. The average Bonchev–Trinajstić information content (AvgIpc) is 3.02. The first-order valence-electron chi connectivity index (χ1n) is 5.80. The lowest BCUT2D eigenvalue weighted by atomic mass is 10.3. The summed E-state index contributed by atoms with van der Waals surface area (Å²) in [5, 5.41) is 4.75. The van der Waals surface area contributed by atoms with E-state index < -0.39 is 0 Å². The van der Waals surface area contributed by atoms with Crippen molar-refractivity contribution in [1.29, 1.82) is 0 Å². The lowest BCUT2D eigenvalue weighted by Crippen LogP contribution is -2.21. The van der Waals surface area contributed by atoms with E-state index in [1.165, 1.54) is 0 Å². The molecule has 19 heavy (non-hydrogen) atoms. The number of nitrogens with one attached hydrogen (secondary N) is 1. The van der Waals surface area contributed by atoms with Gasteiger partial charge in [0.15, 0.2) is 5.76 Å². The van der Waals surface area contributed by atoms with Gasteiger partial charge in [0.2, 0.25) is 0 Å². The Bertz CT molecular complexity index is 631. The van der Waals surface area contributed by atoms with E-state index >= 15 is 0 Å². The first kappa shape index (κ1) is 13.4. The van der Waals surface area contributed by atoms with Crippen molar-refractivity contribution in [2.45, 2.75) is 13.5 Å². The molecule has 0 aliphatic rings. The molecule has 0 unspecified atom stereocenters. The van der Waals surface area contributed by atoms with Gasteiger partial charge >= 0.3 is 0 Å². The number of rotatable bonds is 3. The fourth-order valence-electron chi connectivity index (χ4n) is 1.50. The van der Waals surface area contributed by atoms with Crippen molar-refractivity contribution in [3.05, 3.63) is 45.5 Å². The van der Waals surface area contributed by atoms with Crippen molar-refractivity contribution >= 4 is 17.2 Å². The molecule has 0 atom stereocenters. The number of thiophene rings is 1. The fraction of sp³-hybridized carbons (Fsp3) is 0.214. The number of hydrogen-bond acceptors (Lipinski definition) is 4. The van der Waals surface area contributed by atoms with Crippen LogP contribution in [0.3, 0.4) is 0 Å². The summed E-state index contributed by atoms with van der Waals surface area (Å²) in [6.07, 6.45) is 0. The topological polar surface area (TPSA) is 68.3 Å². The zero-order chi connectivity index (χ0) is 13.7. The number of nitrogens with two attached hydrogens (primary N) is 1. The summed E-state index contributed by atoms with van der Waals surface area (Å²) in [5.41, 5.74) is 6.23. The predicted molar refractivity (Wildman–Crippen MR) is 74.9 cm³/mol. The van der Waals surface area contributed by atoms with Crippen molar-refractivity contribution in [3.63, 3.8) is 0 Å². The third-order valence-corrected chi connectivity index (χ3v) is 3.31. The molecule has 2 rings (SSSR count). The van der Waals surface area contributed by atoms with Gasteiger partial charge in [0.1, 0.15) is 5.76 Å². The Labute approximate surface area is 115 Å². The standard InChI is InChI=1S/C14H14N2O2S/c1-10-4-5-13(18-10)14(17)16-8-12-7-11(9-19-12)3-2-6-15/h4-5,7,9H,6,8,15H2,1H3,(H,16,17). The van der Waals surface area contributed by atoms with Gasteiger partial charge in [0, 0.05) is 15.8 Å². The molecular weight excluding hydrogens is 260 g/mol. The van der Waals surface area contributed by atoms with Crippen LogP contribution in [0.2, 0.25) is 0 Å². The van der Waals surface area contributed by atoms with Gasteiger partial charge in [-0.05, 0) is 25.1 Å². The Kier molecular flexibility index (Phi) is 4.39. The second-order valence-corrected chi connectivity index (χ2v) is 4.90. The Morgan fingerprint density at radius 2 is 2.37 bits per heavy atom. The van der Waals surface area contributed by atoms with E-state index in [1.54, 1.807) is 30.4 Å². The van der Waals surface area contributed by atoms with Crippen molar-refractivity contribution in [2.75, 3.05) is 6.54 Å². The molecule has 0 saturated carbocycles. The maximum atomic E-state index is 11.8. The van der Waals surface area contributed by atoms with Crippen molar-refractivity contribution in [2.24, 2.45) is 5.73 Å². The third-order valence-electron chi connectivity index (χ3n) is 2.38. The van der Waals surface area contributed by atoms with Crippen LogP contribution in [0.15, 0.2) is 28.0 Å². The number of amides is 1. The molecule has 3 N–H and O–H groups in total. The second-order valence-electron chi connectivity index (χ2n) is 3.90. The molecule has 0 aliphatic heterocycles. The molecule has 0 fully saturated rings. The van der Waals surface area contributed by atoms with E-state index in [0.717, 1.165) is 16.2 Å². The van der Waals surface area contributed by atoms with Crippen molar-refractivity contribution < 1.29 is 9.21 Å². The summed E-state index contributed by atoms with van der Waals surface area (Å²) in [6.45, 7) is 2.62. The van der Waals surface area contributed by atoms with Crippen molar-refractivity contribution in [3.8, 4) is 11.8 Å². The highest BCUT2D eigenvalue weighted by atomic mass is 32.1. The molecule has 98 valence electrons. The second kappa shape index (κ2) is 6.23. The van der Waals surface area contributed by atoms with Gasteiger partial charge in [-0.15, -0.1) is 11.3 Å². The smallest absolute Gasteiger partial charge is 0.287 e. The highest BCUT2D eigenvalue weighted by molar-refractivity contribution is 7.10. The summed E-state index contributed by atoms with van der Waals surface area (Å²) in [6, 6.07) is 5.37. The molecule has 0 saturated heterocycles. The molecule has 0 radical (unpaired) electrons. The van der Waals surface area contributed by atoms with E-state index in [9.17, 15) is 4.79 Å². The minimum Gasteiger partial charge on any atom is -0.456 e. The summed E-state index contributed by atoms with van der Waals surface area (Å²) in [4.78, 5) is 12.8. The molecule has 0 spiro atoms. The van der Waals surface area contributed by atoms with Gasteiger partial charge in [-0.1, -0.05) is 11.8 Å². The van der Waals surface area contributed by atoms with Crippen LogP contribution in [-0.2, 0) is 6.54 Å². The quantitative estimate of drug-likeness (QED) is 0.840. The third kappa shape index (κ3) is 3.71. The monoisotopic (exact) mass is 274 g/mol. The van der Waals surface area contributed by atoms with Crippen LogP contribution in [-0.4, -0.2) is 12.5 Å².